The summed E-state index contributed by atoms with van der Waals surface area (Å²) in [4.78, 5) is 2.24. The molecule has 0 aliphatic heterocycles. The number of nitrogens with zero attached hydrogens (tertiary/aromatic N) is 3. The van der Waals surface area contributed by atoms with E-state index in [1.807, 2.05) is 7.05 Å². The molecular formula is C10H14N4S2. The van der Waals surface area contributed by atoms with E-state index < -0.39 is 0 Å². The predicted octanol–water partition coefficient (Wildman–Crippen LogP) is 2.27. The number of hydrogen-bond donors (Lipinski definition) is 1. The second kappa shape index (κ2) is 5.38. The molecule has 0 unspecified atom stereocenters. The van der Waals surface area contributed by atoms with Crippen LogP contribution < -0.4 is 5.32 Å². The maximum absolute atomic E-state index is 4.12. The Bertz CT molecular complexity index is 424. The summed E-state index contributed by atoms with van der Waals surface area (Å²) < 4.78 is 3.95. The molecule has 86 valence electrons. The van der Waals surface area contributed by atoms with E-state index in [-0.39, 0.29) is 0 Å². The van der Waals surface area contributed by atoms with Gasteiger partial charge < -0.3 is 5.32 Å². The largest absolute Gasteiger partial charge is 0.377 e. The lowest BCUT2D eigenvalue weighted by molar-refractivity contribution is 0.316. The van der Waals surface area contributed by atoms with Gasteiger partial charge >= 0.3 is 0 Å². The van der Waals surface area contributed by atoms with Crippen LogP contribution in [0.1, 0.15) is 11.3 Å². The maximum Gasteiger partial charge on any atom is 0.134 e. The Labute approximate surface area is 103 Å². The third-order valence-electron chi connectivity index (χ3n) is 2.24. The molecule has 0 aliphatic carbocycles. The van der Waals surface area contributed by atoms with Crippen molar-refractivity contribution in [2.45, 2.75) is 13.1 Å². The Balaban J connectivity index is 1.94. The summed E-state index contributed by atoms with van der Waals surface area (Å²) in [5.41, 5.74) is 2.37. The van der Waals surface area contributed by atoms with Gasteiger partial charge in [-0.1, -0.05) is 4.49 Å². The summed E-state index contributed by atoms with van der Waals surface area (Å²) in [6.45, 7) is 1.77. The lowest BCUT2D eigenvalue weighted by Gasteiger charge is -2.14. The molecule has 4 nitrogen and oxygen atoms in total. The van der Waals surface area contributed by atoms with Crippen molar-refractivity contribution in [2.24, 2.45) is 0 Å². The van der Waals surface area contributed by atoms with Crippen LogP contribution in [0.3, 0.4) is 0 Å². The van der Waals surface area contributed by atoms with Crippen molar-refractivity contribution in [3.8, 4) is 0 Å². The van der Waals surface area contributed by atoms with Gasteiger partial charge in [-0.25, -0.2) is 0 Å². The third kappa shape index (κ3) is 2.78. The Morgan fingerprint density at radius 3 is 3.00 bits per heavy atom. The molecular weight excluding hydrogens is 240 g/mol. The summed E-state index contributed by atoms with van der Waals surface area (Å²) in [6.07, 6.45) is 0. The van der Waals surface area contributed by atoms with E-state index >= 15 is 0 Å². The summed E-state index contributed by atoms with van der Waals surface area (Å²) in [6, 6.07) is 2.15. The van der Waals surface area contributed by atoms with Gasteiger partial charge in [0.25, 0.3) is 0 Å². The molecule has 1 N–H and O–H groups in total. The van der Waals surface area contributed by atoms with Crippen molar-refractivity contribution in [1.29, 1.82) is 0 Å². The van der Waals surface area contributed by atoms with Crippen molar-refractivity contribution in [3.05, 3.63) is 28.1 Å². The van der Waals surface area contributed by atoms with E-state index in [4.69, 9.17) is 0 Å². The molecule has 6 heteroatoms. The first-order valence-electron chi connectivity index (χ1n) is 4.98. The van der Waals surface area contributed by atoms with Gasteiger partial charge in [0.05, 0.1) is 0 Å². The molecule has 2 heterocycles. The number of anilines is 1. The molecule has 0 atom stereocenters. The topological polar surface area (TPSA) is 41.1 Å². The van der Waals surface area contributed by atoms with Gasteiger partial charge in [0, 0.05) is 31.7 Å². The van der Waals surface area contributed by atoms with Crippen LogP contribution in [0.2, 0.25) is 0 Å². The molecule has 0 amide bonds. The SMILES string of the molecule is CNc1snnc1CN(C)Cc1ccsc1. The Kier molecular flexibility index (Phi) is 3.87. The van der Waals surface area contributed by atoms with E-state index in [0.717, 1.165) is 23.8 Å². The quantitative estimate of drug-likeness (QED) is 0.888. The molecule has 2 rings (SSSR count). The lowest BCUT2D eigenvalue weighted by atomic mass is 10.3. The standard InChI is InChI=1S/C10H14N4S2/c1-11-10-9(12-13-16-10)6-14(2)5-8-3-4-15-7-8/h3-4,7,11H,5-6H2,1-2H3. The highest BCUT2D eigenvalue weighted by atomic mass is 32.1. The van der Waals surface area contributed by atoms with Crippen LogP contribution in [0.15, 0.2) is 16.8 Å². The predicted molar refractivity (Wildman–Crippen MR) is 68.9 cm³/mol. The number of aromatic nitrogens is 2. The average Bonchev–Trinajstić information content (AvgIpc) is 2.88. The Morgan fingerprint density at radius 1 is 1.44 bits per heavy atom. The van der Waals surface area contributed by atoms with Gasteiger partial charge in [-0.2, -0.15) is 11.3 Å². The molecule has 0 radical (unpaired) electrons. The Morgan fingerprint density at radius 2 is 2.31 bits per heavy atom. The van der Waals surface area contributed by atoms with E-state index in [2.05, 4.69) is 43.7 Å². The molecule has 0 aromatic carbocycles. The average molecular weight is 254 g/mol. The molecule has 16 heavy (non-hydrogen) atoms. The van der Waals surface area contributed by atoms with Crippen molar-refractivity contribution in [2.75, 3.05) is 19.4 Å². The highest BCUT2D eigenvalue weighted by Gasteiger charge is 2.09. The normalized spacial score (nSPS) is 10.9. The molecule has 0 saturated heterocycles. The number of thiophene rings is 1. The molecule has 0 aliphatic rings. The third-order valence-corrected chi connectivity index (χ3v) is 3.75. The van der Waals surface area contributed by atoms with Gasteiger partial charge in [-0.3, -0.25) is 4.90 Å². The maximum atomic E-state index is 4.12. The van der Waals surface area contributed by atoms with Gasteiger partial charge in [-0.15, -0.1) is 5.10 Å². The van der Waals surface area contributed by atoms with Crippen LogP contribution in [0.4, 0.5) is 5.00 Å². The summed E-state index contributed by atoms with van der Waals surface area (Å²) in [5.74, 6) is 0. The van der Waals surface area contributed by atoms with E-state index in [9.17, 15) is 0 Å². The van der Waals surface area contributed by atoms with Crippen LogP contribution in [-0.2, 0) is 13.1 Å². The number of rotatable bonds is 5. The fourth-order valence-corrected chi connectivity index (χ4v) is 2.69. The summed E-state index contributed by atoms with van der Waals surface area (Å²) >= 11 is 3.13. The number of nitrogens with one attached hydrogen (secondary N) is 1. The first kappa shape index (κ1) is 11.5. The molecule has 2 aromatic rings. The van der Waals surface area contributed by atoms with Crippen molar-refractivity contribution in [1.82, 2.24) is 14.5 Å². The minimum absolute atomic E-state index is 0.822. The van der Waals surface area contributed by atoms with E-state index in [1.165, 1.54) is 17.1 Å². The second-order valence-electron chi connectivity index (χ2n) is 3.60. The zero-order valence-electron chi connectivity index (χ0n) is 9.30. The zero-order chi connectivity index (χ0) is 11.4. The van der Waals surface area contributed by atoms with Crippen LogP contribution in [0.25, 0.3) is 0 Å². The number of hydrogen-bond acceptors (Lipinski definition) is 6. The second-order valence-corrected chi connectivity index (χ2v) is 5.14. The van der Waals surface area contributed by atoms with Crippen LogP contribution in [0, 0.1) is 0 Å². The van der Waals surface area contributed by atoms with Crippen molar-refractivity contribution >= 4 is 27.9 Å². The van der Waals surface area contributed by atoms with Gasteiger partial charge in [0.1, 0.15) is 10.7 Å². The van der Waals surface area contributed by atoms with Crippen molar-refractivity contribution < 1.29 is 0 Å². The smallest absolute Gasteiger partial charge is 0.134 e. The van der Waals surface area contributed by atoms with Crippen molar-refractivity contribution in [3.63, 3.8) is 0 Å². The summed E-state index contributed by atoms with van der Waals surface area (Å²) in [5, 5.41) is 12.6. The first-order chi connectivity index (χ1) is 7.79. The first-order valence-corrected chi connectivity index (χ1v) is 6.70. The van der Waals surface area contributed by atoms with Gasteiger partial charge in [-0.05, 0) is 29.4 Å². The molecule has 2 aromatic heterocycles. The minimum Gasteiger partial charge on any atom is -0.377 e. The molecule has 0 spiro atoms. The van der Waals surface area contributed by atoms with E-state index in [1.54, 1.807) is 11.3 Å². The van der Waals surface area contributed by atoms with Crippen LogP contribution in [-0.4, -0.2) is 28.6 Å². The molecule has 0 fully saturated rings. The van der Waals surface area contributed by atoms with Crippen LogP contribution in [0.5, 0.6) is 0 Å². The van der Waals surface area contributed by atoms with Gasteiger partial charge in [0.15, 0.2) is 0 Å². The lowest BCUT2D eigenvalue weighted by Crippen LogP contribution is -2.17. The fourth-order valence-electron chi connectivity index (χ4n) is 1.51. The van der Waals surface area contributed by atoms with Crippen LogP contribution >= 0.6 is 22.9 Å². The minimum atomic E-state index is 0.822. The highest BCUT2D eigenvalue weighted by molar-refractivity contribution is 7.10. The van der Waals surface area contributed by atoms with E-state index in [0.29, 0.717) is 0 Å². The highest BCUT2D eigenvalue weighted by Crippen LogP contribution is 2.19. The van der Waals surface area contributed by atoms with Gasteiger partial charge in [0.2, 0.25) is 0 Å². The monoisotopic (exact) mass is 254 g/mol. The summed E-state index contributed by atoms with van der Waals surface area (Å²) in [7, 11) is 3.99. The molecule has 0 saturated carbocycles. The fraction of sp³-hybridized carbons (Fsp3) is 0.400. The Hall–Kier alpha value is -0.980. The zero-order valence-corrected chi connectivity index (χ0v) is 10.9. The molecule has 0 bridgehead atoms.